The highest BCUT2D eigenvalue weighted by Gasteiger charge is 2.33. The first-order valence-corrected chi connectivity index (χ1v) is 16.1. The minimum absolute atomic E-state index is 0.0937. The van der Waals surface area contributed by atoms with Gasteiger partial charge in [0.2, 0.25) is 0 Å². The Morgan fingerprint density at radius 2 is 1.28 bits per heavy atom. The van der Waals surface area contributed by atoms with Gasteiger partial charge in [0.05, 0.1) is 7.14 Å². The molecule has 5 aromatic rings. The van der Waals surface area contributed by atoms with E-state index in [-0.39, 0.29) is 5.92 Å². The Kier molecular flexibility index (Phi) is 8.68. The van der Waals surface area contributed by atoms with E-state index in [2.05, 4.69) is 126 Å². The smallest absolute Gasteiger partial charge is 0.146 e. The number of hydrogen-bond acceptors (Lipinski definition) is 4. The Labute approximate surface area is 279 Å². The fraction of sp³-hybridized carbons (Fsp3) is 0.135. The number of fused-ring (bicyclic) bond motifs is 6. The molecule has 4 nitrogen and oxygen atoms in total. The molecule has 0 amide bonds. The minimum atomic E-state index is -0.0937. The van der Waals surface area contributed by atoms with Crippen molar-refractivity contribution in [3.63, 3.8) is 0 Å². The van der Waals surface area contributed by atoms with Crippen LogP contribution in [0.5, 0.6) is 28.7 Å². The second kappa shape index (κ2) is 12.6. The first kappa shape index (κ1) is 29.6. The summed E-state index contributed by atoms with van der Waals surface area (Å²) in [6.07, 6.45) is 3.52. The first-order valence-electron chi connectivity index (χ1n) is 13.9. The lowest BCUT2D eigenvalue weighted by Gasteiger charge is -2.31. The molecule has 0 N–H and O–H groups in total. The van der Waals surface area contributed by atoms with Crippen molar-refractivity contribution >= 4 is 66.7 Å². The fourth-order valence-corrected chi connectivity index (χ4v) is 7.69. The maximum atomic E-state index is 6.66. The molecule has 0 radical (unpaired) electrons. The average Bonchev–Trinajstić information content (AvgIpc) is 3.00. The van der Waals surface area contributed by atoms with Crippen molar-refractivity contribution in [1.29, 1.82) is 0 Å². The zero-order chi connectivity index (χ0) is 30.1. The van der Waals surface area contributed by atoms with E-state index in [0.717, 1.165) is 74.1 Å². The quantitative estimate of drug-likeness (QED) is 0.102. The molecule has 0 spiro atoms. The maximum absolute atomic E-state index is 6.66. The van der Waals surface area contributed by atoms with Gasteiger partial charge in [-0.2, -0.15) is 0 Å². The summed E-state index contributed by atoms with van der Waals surface area (Å²) in [5.74, 6) is 4.10. The van der Waals surface area contributed by atoms with E-state index < -0.39 is 0 Å². The van der Waals surface area contributed by atoms with Gasteiger partial charge < -0.3 is 18.9 Å². The summed E-state index contributed by atoms with van der Waals surface area (Å²) in [7, 11) is 0. The Morgan fingerprint density at radius 1 is 0.744 bits per heavy atom. The molecule has 43 heavy (non-hydrogen) atoms. The monoisotopic (exact) mass is 792 g/mol. The summed E-state index contributed by atoms with van der Waals surface area (Å²) < 4.78 is 26.6. The lowest BCUT2D eigenvalue weighted by atomic mass is 9.78. The molecule has 1 atom stereocenters. The van der Waals surface area contributed by atoms with Crippen LogP contribution in [0.1, 0.15) is 29.5 Å². The zero-order valence-electron chi connectivity index (χ0n) is 23.8. The summed E-state index contributed by atoms with van der Waals surface area (Å²) in [4.78, 5) is 0. The van der Waals surface area contributed by atoms with Gasteiger partial charge in [0.15, 0.2) is 0 Å². The van der Waals surface area contributed by atoms with E-state index in [4.69, 9.17) is 18.9 Å². The molecule has 1 aliphatic rings. The third kappa shape index (κ3) is 5.87. The fourth-order valence-electron chi connectivity index (χ4n) is 5.56. The molecule has 1 unspecified atom stereocenters. The molecule has 216 valence electrons. The van der Waals surface area contributed by atoms with E-state index in [0.29, 0.717) is 19.8 Å². The molecule has 0 saturated heterocycles. The van der Waals surface area contributed by atoms with Crippen LogP contribution in [0.25, 0.3) is 21.5 Å². The van der Waals surface area contributed by atoms with E-state index in [1.807, 2.05) is 19.1 Å². The Morgan fingerprint density at radius 3 is 1.81 bits per heavy atom. The Balaban J connectivity index is 1.59. The molecule has 0 aromatic heterocycles. The standard InChI is InChI=1S/C37H30I2O4/c1-5-15-40-26-9-11-28-23(17-26)7-13-32-35(28)34(25-19-30(38)37(31(39)20-25)41-16-6-2)36-29-12-10-27(42-21-22(3)4)18-24(29)8-14-33(36)43-32/h5-14,17-20,34H,1-3,15-16,21H2,4H3. The molecule has 6 rings (SSSR count). The first-order chi connectivity index (χ1) is 20.9. The van der Waals surface area contributed by atoms with Crippen LogP contribution in [0.4, 0.5) is 0 Å². The van der Waals surface area contributed by atoms with Crippen LogP contribution in [-0.4, -0.2) is 19.8 Å². The van der Waals surface area contributed by atoms with Gasteiger partial charge in [0.25, 0.3) is 0 Å². The van der Waals surface area contributed by atoms with Crippen molar-refractivity contribution < 1.29 is 18.9 Å². The van der Waals surface area contributed by atoms with Gasteiger partial charge >= 0.3 is 0 Å². The number of hydrogen-bond donors (Lipinski definition) is 0. The van der Waals surface area contributed by atoms with Crippen molar-refractivity contribution in [2.45, 2.75) is 12.8 Å². The minimum Gasteiger partial charge on any atom is -0.490 e. The third-order valence-electron chi connectivity index (χ3n) is 7.34. The van der Waals surface area contributed by atoms with Crippen molar-refractivity contribution in [2.24, 2.45) is 0 Å². The number of ether oxygens (including phenoxy) is 4. The van der Waals surface area contributed by atoms with Crippen molar-refractivity contribution in [1.82, 2.24) is 0 Å². The summed E-state index contributed by atoms with van der Waals surface area (Å²) in [5.41, 5.74) is 4.40. The molecule has 0 bridgehead atoms. The third-order valence-corrected chi connectivity index (χ3v) is 8.94. The van der Waals surface area contributed by atoms with E-state index in [1.165, 1.54) is 5.56 Å². The van der Waals surface area contributed by atoms with Crippen LogP contribution in [-0.2, 0) is 0 Å². The predicted molar refractivity (Wildman–Crippen MR) is 192 cm³/mol. The van der Waals surface area contributed by atoms with Gasteiger partial charge in [0.1, 0.15) is 48.6 Å². The summed E-state index contributed by atoms with van der Waals surface area (Å²) in [5, 5.41) is 4.42. The highest BCUT2D eigenvalue weighted by atomic mass is 127. The van der Waals surface area contributed by atoms with Gasteiger partial charge in [0, 0.05) is 17.0 Å². The van der Waals surface area contributed by atoms with Crippen LogP contribution in [0.2, 0.25) is 0 Å². The van der Waals surface area contributed by atoms with Gasteiger partial charge in [-0.05, 0) is 133 Å². The molecule has 1 heterocycles. The van der Waals surface area contributed by atoms with Crippen molar-refractivity contribution in [3.8, 4) is 28.7 Å². The predicted octanol–water partition coefficient (Wildman–Crippen LogP) is 10.6. The molecular formula is C37H30I2O4. The zero-order valence-corrected chi connectivity index (χ0v) is 28.1. The topological polar surface area (TPSA) is 36.9 Å². The second-order valence-corrected chi connectivity index (χ2v) is 12.8. The highest BCUT2D eigenvalue weighted by molar-refractivity contribution is 14.1. The summed E-state index contributed by atoms with van der Waals surface area (Å²) in [6, 6.07) is 25.3. The lowest BCUT2D eigenvalue weighted by molar-refractivity contribution is 0.353. The van der Waals surface area contributed by atoms with Crippen LogP contribution >= 0.6 is 45.2 Å². The molecule has 0 aliphatic carbocycles. The van der Waals surface area contributed by atoms with Gasteiger partial charge in [-0.3, -0.25) is 0 Å². The van der Waals surface area contributed by atoms with Crippen LogP contribution < -0.4 is 18.9 Å². The van der Waals surface area contributed by atoms with Crippen molar-refractivity contribution in [2.75, 3.05) is 19.8 Å². The molecule has 0 fully saturated rings. The van der Waals surface area contributed by atoms with E-state index >= 15 is 0 Å². The highest BCUT2D eigenvalue weighted by Crippen LogP contribution is 2.53. The molecule has 5 aromatic carbocycles. The Bertz CT molecular complexity index is 1890. The van der Waals surface area contributed by atoms with Gasteiger partial charge in [-0.15, -0.1) is 0 Å². The van der Waals surface area contributed by atoms with Gasteiger partial charge in [-0.25, -0.2) is 0 Å². The van der Waals surface area contributed by atoms with Crippen LogP contribution in [0.15, 0.2) is 110 Å². The van der Waals surface area contributed by atoms with E-state index in [9.17, 15) is 0 Å². The Hall–Kier alpha value is -3.50. The van der Waals surface area contributed by atoms with Gasteiger partial charge in [-0.1, -0.05) is 56.2 Å². The van der Waals surface area contributed by atoms with E-state index in [1.54, 1.807) is 12.2 Å². The van der Waals surface area contributed by atoms with Crippen LogP contribution in [0.3, 0.4) is 0 Å². The average molecular weight is 792 g/mol. The summed E-state index contributed by atoms with van der Waals surface area (Å²) in [6.45, 7) is 14.9. The number of rotatable bonds is 10. The normalized spacial score (nSPS) is 13.5. The SMILES string of the molecule is C=CCOc1ccc2c3c(ccc2c1)Oc1ccc2cc(OCC(=C)C)ccc2c1C3c1cc(I)c(OCC=C)c(I)c1. The summed E-state index contributed by atoms with van der Waals surface area (Å²) >= 11 is 4.75. The van der Waals surface area contributed by atoms with Crippen LogP contribution in [0, 0.1) is 7.14 Å². The second-order valence-electron chi connectivity index (χ2n) is 10.5. The largest absolute Gasteiger partial charge is 0.490 e. The molecule has 6 heteroatoms. The lowest BCUT2D eigenvalue weighted by Crippen LogP contribution is -2.14. The number of halogens is 2. The number of benzene rings is 5. The maximum Gasteiger partial charge on any atom is 0.146 e. The molecular weight excluding hydrogens is 762 g/mol. The molecule has 1 aliphatic heterocycles. The molecule has 0 saturated carbocycles. The van der Waals surface area contributed by atoms with Crippen molar-refractivity contribution in [3.05, 3.63) is 134 Å².